The van der Waals surface area contributed by atoms with E-state index in [1.165, 1.54) is 22.9 Å². The molecular formula is C28H29N3O2S. The van der Waals surface area contributed by atoms with E-state index in [2.05, 4.69) is 22.4 Å². The van der Waals surface area contributed by atoms with Crippen molar-refractivity contribution < 1.29 is 4.79 Å². The zero-order valence-corrected chi connectivity index (χ0v) is 20.3. The van der Waals surface area contributed by atoms with Crippen LogP contribution in [0.5, 0.6) is 0 Å². The average molecular weight is 472 g/mol. The average Bonchev–Trinajstić information content (AvgIpc) is 2.85. The smallest absolute Gasteiger partial charge is 0.283 e. The molecule has 1 atom stereocenters. The highest BCUT2D eigenvalue weighted by atomic mass is 32.2. The van der Waals surface area contributed by atoms with Crippen molar-refractivity contribution in [3.8, 4) is 0 Å². The number of nitrogens with one attached hydrogen (secondary N) is 1. The van der Waals surface area contributed by atoms with E-state index in [0.717, 1.165) is 29.4 Å². The lowest BCUT2D eigenvalue weighted by Crippen LogP contribution is -2.34. The number of amides is 1. The molecule has 0 saturated carbocycles. The molecule has 5 nitrogen and oxygen atoms in total. The highest BCUT2D eigenvalue weighted by molar-refractivity contribution is 7.99. The normalized spacial score (nSPS) is 11.9. The van der Waals surface area contributed by atoms with Crippen molar-refractivity contribution in [2.45, 2.75) is 44.3 Å². The van der Waals surface area contributed by atoms with Crippen LogP contribution in [0.3, 0.4) is 0 Å². The van der Waals surface area contributed by atoms with E-state index in [4.69, 9.17) is 0 Å². The predicted octanol–water partition coefficient (Wildman–Crippen LogP) is 4.98. The molecule has 0 saturated heterocycles. The summed E-state index contributed by atoms with van der Waals surface area (Å²) in [5, 5.41) is 3.39. The number of aryl methyl sites for hydroxylation is 2. The molecule has 1 aromatic heterocycles. The molecule has 1 N–H and O–H groups in total. The molecule has 4 aromatic rings. The van der Waals surface area contributed by atoms with Crippen LogP contribution in [0.15, 0.2) is 88.7 Å². The Morgan fingerprint density at radius 2 is 1.68 bits per heavy atom. The molecule has 0 spiro atoms. The first-order valence-electron chi connectivity index (χ1n) is 11.5. The van der Waals surface area contributed by atoms with Crippen LogP contribution in [0.2, 0.25) is 0 Å². The Labute approximate surface area is 204 Å². The fourth-order valence-corrected chi connectivity index (χ4v) is 4.59. The predicted molar refractivity (Wildman–Crippen MR) is 139 cm³/mol. The quantitative estimate of drug-likeness (QED) is 0.350. The van der Waals surface area contributed by atoms with Crippen LogP contribution < -0.4 is 10.9 Å². The van der Waals surface area contributed by atoms with Crippen molar-refractivity contribution in [1.29, 1.82) is 0 Å². The van der Waals surface area contributed by atoms with E-state index in [1.54, 1.807) is 4.57 Å². The van der Waals surface area contributed by atoms with E-state index >= 15 is 0 Å². The van der Waals surface area contributed by atoms with Crippen LogP contribution in [0.25, 0.3) is 11.0 Å². The molecule has 0 fully saturated rings. The number of para-hydroxylation sites is 2. The standard InChI is InChI=1S/C28H29N3O2S/c1-20-12-15-23(16-13-20)18-31-25-11-7-6-10-24(25)30-27(28(31)33)34-19-26(32)29-21(2)14-17-22-8-4-3-5-9-22/h3-13,15-16,21H,14,17-19H2,1-2H3,(H,29,32)/t21-/m0/s1. The van der Waals surface area contributed by atoms with Gasteiger partial charge in [-0.1, -0.05) is 84.1 Å². The topological polar surface area (TPSA) is 64.0 Å². The van der Waals surface area contributed by atoms with Crippen molar-refractivity contribution >= 4 is 28.7 Å². The van der Waals surface area contributed by atoms with Gasteiger partial charge in [-0.2, -0.15) is 0 Å². The lowest BCUT2D eigenvalue weighted by Gasteiger charge is -2.14. The van der Waals surface area contributed by atoms with Crippen LogP contribution in [0, 0.1) is 6.92 Å². The van der Waals surface area contributed by atoms with Gasteiger partial charge in [-0.25, -0.2) is 4.98 Å². The summed E-state index contributed by atoms with van der Waals surface area (Å²) in [7, 11) is 0. The van der Waals surface area contributed by atoms with Crippen LogP contribution in [-0.4, -0.2) is 27.3 Å². The van der Waals surface area contributed by atoms with Crippen LogP contribution in [-0.2, 0) is 17.8 Å². The van der Waals surface area contributed by atoms with Gasteiger partial charge in [-0.15, -0.1) is 0 Å². The first-order chi connectivity index (χ1) is 16.5. The second-order valence-electron chi connectivity index (χ2n) is 8.56. The zero-order valence-electron chi connectivity index (χ0n) is 19.5. The number of aromatic nitrogens is 2. The minimum absolute atomic E-state index is 0.0519. The summed E-state index contributed by atoms with van der Waals surface area (Å²) in [4.78, 5) is 30.4. The third-order valence-electron chi connectivity index (χ3n) is 5.74. The summed E-state index contributed by atoms with van der Waals surface area (Å²) in [5.41, 5.74) is 4.84. The van der Waals surface area contributed by atoms with Gasteiger partial charge >= 0.3 is 0 Å². The Bertz CT molecular complexity index is 1320. The summed E-state index contributed by atoms with van der Waals surface area (Å²) >= 11 is 1.20. The zero-order chi connectivity index (χ0) is 23.9. The van der Waals surface area contributed by atoms with Gasteiger partial charge < -0.3 is 5.32 Å². The Morgan fingerprint density at radius 1 is 0.971 bits per heavy atom. The third kappa shape index (κ3) is 6.14. The number of fused-ring (bicyclic) bond motifs is 1. The number of hydrogen-bond acceptors (Lipinski definition) is 4. The number of rotatable bonds is 9. The molecule has 0 aliphatic heterocycles. The molecule has 0 radical (unpaired) electrons. The molecule has 0 aliphatic carbocycles. The first kappa shape index (κ1) is 23.8. The highest BCUT2D eigenvalue weighted by Gasteiger charge is 2.15. The molecule has 34 heavy (non-hydrogen) atoms. The summed E-state index contributed by atoms with van der Waals surface area (Å²) in [6.45, 7) is 4.51. The van der Waals surface area contributed by atoms with Gasteiger partial charge in [0.25, 0.3) is 5.56 Å². The van der Waals surface area contributed by atoms with Crippen LogP contribution in [0.1, 0.15) is 30.0 Å². The van der Waals surface area contributed by atoms with E-state index in [9.17, 15) is 9.59 Å². The van der Waals surface area contributed by atoms with Gasteiger partial charge in [-0.05, 0) is 49.9 Å². The molecule has 0 aliphatic rings. The number of carbonyl (C=O) groups excluding carboxylic acids is 1. The van der Waals surface area contributed by atoms with Crippen molar-refractivity contribution in [3.05, 3.63) is 106 Å². The lowest BCUT2D eigenvalue weighted by atomic mass is 10.1. The number of benzene rings is 3. The fraction of sp³-hybridized carbons (Fsp3) is 0.250. The maximum atomic E-state index is 13.3. The molecule has 174 valence electrons. The molecule has 6 heteroatoms. The van der Waals surface area contributed by atoms with Gasteiger partial charge in [0.05, 0.1) is 23.3 Å². The monoisotopic (exact) mass is 471 g/mol. The van der Waals surface area contributed by atoms with Crippen LogP contribution in [0.4, 0.5) is 0 Å². The Hall–Kier alpha value is -3.38. The molecular weight excluding hydrogens is 442 g/mol. The van der Waals surface area contributed by atoms with Gasteiger partial charge in [0.15, 0.2) is 5.03 Å². The molecule has 0 unspecified atom stereocenters. The number of hydrogen-bond donors (Lipinski definition) is 1. The Kier molecular flexibility index (Phi) is 7.80. The summed E-state index contributed by atoms with van der Waals surface area (Å²) in [6, 6.07) is 26.1. The SMILES string of the molecule is Cc1ccc(Cn2c(=O)c(SCC(=O)N[C@@H](C)CCc3ccccc3)nc3ccccc32)cc1. The second kappa shape index (κ2) is 11.2. The number of thioether (sulfide) groups is 1. The summed E-state index contributed by atoms with van der Waals surface area (Å²) < 4.78 is 1.75. The van der Waals surface area contributed by atoms with Gasteiger partial charge in [0.1, 0.15) is 0 Å². The van der Waals surface area contributed by atoms with Crippen molar-refractivity contribution in [2.24, 2.45) is 0 Å². The lowest BCUT2D eigenvalue weighted by molar-refractivity contribution is -0.119. The van der Waals surface area contributed by atoms with Crippen molar-refractivity contribution in [3.63, 3.8) is 0 Å². The minimum atomic E-state index is -0.172. The van der Waals surface area contributed by atoms with Crippen molar-refractivity contribution in [1.82, 2.24) is 14.9 Å². The highest BCUT2D eigenvalue weighted by Crippen LogP contribution is 2.18. The van der Waals surface area contributed by atoms with Gasteiger partial charge in [0.2, 0.25) is 5.91 Å². The van der Waals surface area contributed by atoms with E-state index in [1.807, 2.05) is 80.6 Å². The Morgan fingerprint density at radius 3 is 2.44 bits per heavy atom. The van der Waals surface area contributed by atoms with E-state index in [0.29, 0.717) is 11.6 Å². The minimum Gasteiger partial charge on any atom is -0.353 e. The van der Waals surface area contributed by atoms with Gasteiger partial charge in [-0.3, -0.25) is 14.2 Å². The Balaban J connectivity index is 1.44. The third-order valence-corrected chi connectivity index (χ3v) is 6.69. The first-order valence-corrected chi connectivity index (χ1v) is 12.5. The molecule has 1 heterocycles. The van der Waals surface area contributed by atoms with E-state index in [-0.39, 0.29) is 23.3 Å². The molecule has 1 amide bonds. The number of carbonyl (C=O) groups is 1. The van der Waals surface area contributed by atoms with Crippen molar-refractivity contribution in [2.75, 3.05) is 5.75 Å². The van der Waals surface area contributed by atoms with Crippen LogP contribution >= 0.6 is 11.8 Å². The largest absolute Gasteiger partial charge is 0.353 e. The number of nitrogens with zero attached hydrogens (tertiary/aromatic N) is 2. The fourth-order valence-electron chi connectivity index (χ4n) is 3.85. The summed E-state index contributed by atoms with van der Waals surface area (Å²) in [5.74, 6) is 0.0610. The summed E-state index contributed by atoms with van der Waals surface area (Å²) in [6.07, 6.45) is 1.77. The maximum Gasteiger partial charge on any atom is 0.283 e. The molecule has 0 bridgehead atoms. The second-order valence-corrected chi connectivity index (χ2v) is 9.53. The van der Waals surface area contributed by atoms with Gasteiger partial charge in [0, 0.05) is 6.04 Å². The maximum absolute atomic E-state index is 13.3. The molecule has 3 aromatic carbocycles. The molecule has 4 rings (SSSR count). The van der Waals surface area contributed by atoms with E-state index < -0.39 is 0 Å².